The monoisotopic (exact) mass is 436 g/mol. The molecule has 29 heavy (non-hydrogen) atoms. The van der Waals surface area contributed by atoms with E-state index in [0.717, 1.165) is 25.0 Å². The number of rotatable bonds is 3. The van der Waals surface area contributed by atoms with Crippen LogP contribution in [0.3, 0.4) is 0 Å². The van der Waals surface area contributed by atoms with Gasteiger partial charge in [0.1, 0.15) is 4.90 Å². The quantitative estimate of drug-likeness (QED) is 0.527. The van der Waals surface area contributed by atoms with Gasteiger partial charge in [-0.3, -0.25) is 4.98 Å². The number of anilines is 1. The summed E-state index contributed by atoms with van der Waals surface area (Å²) in [6.45, 7) is 3.54. The number of hydrogen-bond acceptors (Lipinski definition) is 4. The number of benzene rings is 2. The van der Waals surface area contributed by atoms with Gasteiger partial charge in [0, 0.05) is 29.7 Å². The number of nitrogens with zero attached hydrogens (tertiary/aromatic N) is 2. The Labute approximate surface area is 173 Å². The molecule has 1 aliphatic rings. The van der Waals surface area contributed by atoms with Crippen LogP contribution in [0.2, 0.25) is 5.02 Å². The van der Waals surface area contributed by atoms with E-state index in [-0.39, 0.29) is 9.79 Å². The molecule has 2 aromatic carbocycles. The van der Waals surface area contributed by atoms with Crippen LogP contribution in [0.1, 0.15) is 19.8 Å². The Morgan fingerprint density at radius 2 is 1.79 bits per heavy atom. The van der Waals surface area contributed by atoms with Crippen molar-refractivity contribution in [3.8, 4) is 0 Å². The number of sulfone groups is 1. The molecule has 2 heterocycles. The minimum Gasteiger partial charge on any atom is -0.370 e. The number of pyridine rings is 1. The lowest BCUT2D eigenvalue weighted by Gasteiger charge is -2.34. The fraction of sp³-hybridized carbons (Fsp3) is 0.286. The highest BCUT2D eigenvalue weighted by Crippen LogP contribution is 2.38. The Kier molecular flexibility index (Phi) is 5.21. The number of hydrogen-bond donors (Lipinski definition) is 0. The normalized spacial score (nSPS) is 15.8. The first kappa shape index (κ1) is 20.0. The van der Waals surface area contributed by atoms with Gasteiger partial charge >= 0.3 is 0 Å². The highest BCUT2D eigenvalue weighted by atomic mass is 35.5. The summed E-state index contributed by atoms with van der Waals surface area (Å²) < 4.78 is 53.8. The zero-order valence-electron chi connectivity index (χ0n) is 15.7. The van der Waals surface area contributed by atoms with Crippen LogP contribution in [0.15, 0.2) is 52.4 Å². The third-order valence-electron chi connectivity index (χ3n) is 5.36. The maximum absolute atomic E-state index is 13.7. The first-order valence-electron chi connectivity index (χ1n) is 9.30. The van der Waals surface area contributed by atoms with Crippen LogP contribution in [0.5, 0.6) is 0 Å². The summed E-state index contributed by atoms with van der Waals surface area (Å²) in [5.74, 6) is -1.76. The Bertz CT molecular complexity index is 1190. The van der Waals surface area contributed by atoms with E-state index in [1.165, 1.54) is 6.20 Å². The number of aromatic nitrogens is 1. The zero-order valence-corrected chi connectivity index (χ0v) is 17.3. The minimum atomic E-state index is -4.13. The van der Waals surface area contributed by atoms with Gasteiger partial charge in [0.15, 0.2) is 11.6 Å². The molecular weight excluding hydrogens is 418 g/mol. The lowest BCUT2D eigenvalue weighted by atomic mass is 9.98. The Hall–Kier alpha value is -2.25. The van der Waals surface area contributed by atoms with Gasteiger partial charge in [-0.1, -0.05) is 18.5 Å². The van der Waals surface area contributed by atoms with Gasteiger partial charge in [-0.05, 0) is 55.2 Å². The molecule has 8 heteroatoms. The smallest absolute Gasteiger partial charge is 0.210 e. The molecular formula is C21H19ClF2N2O2S. The number of fused-ring (bicyclic) bond motifs is 1. The summed E-state index contributed by atoms with van der Waals surface area (Å²) in [4.78, 5) is 5.97. The fourth-order valence-corrected chi connectivity index (χ4v) is 5.28. The van der Waals surface area contributed by atoms with Crippen LogP contribution < -0.4 is 4.90 Å². The van der Waals surface area contributed by atoms with Crippen molar-refractivity contribution in [1.29, 1.82) is 0 Å². The summed E-state index contributed by atoms with van der Waals surface area (Å²) >= 11 is 6.19. The average Bonchev–Trinajstić information content (AvgIpc) is 2.69. The summed E-state index contributed by atoms with van der Waals surface area (Å²) in [5, 5.41) is 1.09. The highest BCUT2D eigenvalue weighted by Gasteiger charge is 2.29. The zero-order chi connectivity index (χ0) is 20.8. The van der Waals surface area contributed by atoms with Crippen molar-refractivity contribution in [1.82, 2.24) is 4.98 Å². The van der Waals surface area contributed by atoms with E-state index in [4.69, 9.17) is 11.6 Å². The van der Waals surface area contributed by atoms with Gasteiger partial charge in [-0.2, -0.15) is 0 Å². The summed E-state index contributed by atoms with van der Waals surface area (Å²) in [6, 6.07) is 7.72. The molecule has 0 unspecified atom stereocenters. The van der Waals surface area contributed by atoms with E-state index in [2.05, 4.69) is 11.9 Å². The summed E-state index contributed by atoms with van der Waals surface area (Å²) in [7, 11) is -4.13. The highest BCUT2D eigenvalue weighted by molar-refractivity contribution is 7.91. The lowest BCUT2D eigenvalue weighted by Crippen LogP contribution is -2.34. The molecule has 3 aromatic rings. The molecule has 152 valence electrons. The SMILES string of the molecule is CC1CCN(c2c(S(=O)(=O)c3ccc(F)c(F)c3)cnc3ccc(Cl)cc23)CC1. The first-order chi connectivity index (χ1) is 13.8. The van der Waals surface area contributed by atoms with E-state index in [1.54, 1.807) is 18.2 Å². The number of piperidine rings is 1. The van der Waals surface area contributed by atoms with Crippen LogP contribution in [0.4, 0.5) is 14.5 Å². The largest absolute Gasteiger partial charge is 0.370 e. The lowest BCUT2D eigenvalue weighted by molar-refractivity contribution is 0.437. The minimum absolute atomic E-state index is 0.0344. The second-order valence-electron chi connectivity index (χ2n) is 7.38. The van der Waals surface area contributed by atoms with Crippen molar-refractivity contribution in [2.75, 3.05) is 18.0 Å². The molecule has 1 aromatic heterocycles. The molecule has 1 aliphatic heterocycles. The van der Waals surface area contributed by atoms with Gasteiger partial charge in [0.2, 0.25) is 9.84 Å². The molecule has 0 saturated carbocycles. The van der Waals surface area contributed by atoms with Gasteiger partial charge in [-0.15, -0.1) is 0 Å². The van der Waals surface area contributed by atoms with E-state index in [1.807, 2.05) is 4.90 Å². The Morgan fingerprint density at radius 3 is 2.48 bits per heavy atom. The first-order valence-corrected chi connectivity index (χ1v) is 11.2. The predicted octanol–water partition coefficient (Wildman–Crippen LogP) is 5.24. The van der Waals surface area contributed by atoms with Crippen molar-refractivity contribution in [2.24, 2.45) is 5.92 Å². The molecule has 1 fully saturated rings. The molecule has 0 atom stereocenters. The second-order valence-corrected chi connectivity index (χ2v) is 9.74. The van der Waals surface area contributed by atoms with Crippen molar-refractivity contribution >= 4 is 38.0 Å². The van der Waals surface area contributed by atoms with Crippen molar-refractivity contribution in [3.05, 3.63) is 59.3 Å². The van der Waals surface area contributed by atoms with Gasteiger partial charge < -0.3 is 4.90 Å². The van der Waals surface area contributed by atoms with E-state index >= 15 is 0 Å². The van der Waals surface area contributed by atoms with Crippen LogP contribution in [0, 0.1) is 17.6 Å². The third kappa shape index (κ3) is 3.69. The predicted molar refractivity (Wildman–Crippen MR) is 109 cm³/mol. The summed E-state index contributed by atoms with van der Waals surface area (Å²) in [5.41, 5.74) is 1.13. The third-order valence-corrected chi connectivity index (χ3v) is 7.35. The Balaban J connectivity index is 1.96. The molecule has 0 radical (unpaired) electrons. The van der Waals surface area contributed by atoms with E-state index < -0.39 is 21.5 Å². The van der Waals surface area contributed by atoms with Crippen molar-refractivity contribution < 1.29 is 17.2 Å². The van der Waals surface area contributed by atoms with Gasteiger partial charge in [-0.25, -0.2) is 17.2 Å². The fourth-order valence-electron chi connectivity index (χ4n) is 3.66. The van der Waals surface area contributed by atoms with Gasteiger partial charge in [0.25, 0.3) is 0 Å². The second kappa shape index (κ2) is 7.54. The van der Waals surface area contributed by atoms with Crippen LogP contribution >= 0.6 is 11.6 Å². The molecule has 4 rings (SSSR count). The van der Waals surface area contributed by atoms with Crippen molar-refractivity contribution in [2.45, 2.75) is 29.6 Å². The molecule has 0 amide bonds. The molecule has 1 saturated heterocycles. The average molecular weight is 437 g/mol. The van der Waals surface area contributed by atoms with Crippen LogP contribution in [0.25, 0.3) is 10.9 Å². The van der Waals surface area contributed by atoms with Crippen LogP contribution in [-0.4, -0.2) is 26.5 Å². The molecule has 0 bridgehead atoms. The molecule has 0 spiro atoms. The van der Waals surface area contributed by atoms with Crippen molar-refractivity contribution in [3.63, 3.8) is 0 Å². The standard InChI is InChI=1S/C21H19ClF2N2O2S/c1-13-6-8-26(9-7-13)21-16-10-14(22)2-5-19(16)25-12-20(21)29(27,28)15-3-4-17(23)18(24)11-15/h2-5,10-13H,6-9H2,1H3. The topological polar surface area (TPSA) is 50.3 Å². The number of halogens is 3. The molecule has 0 aliphatic carbocycles. The Morgan fingerprint density at radius 1 is 1.07 bits per heavy atom. The van der Waals surface area contributed by atoms with Crippen LogP contribution in [-0.2, 0) is 9.84 Å². The molecule has 4 nitrogen and oxygen atoms in total. The van der Waals surface area contributed by atoms with Gasteiger partial charge in [0.05, 0.1) is 16.1 Å². The summed E-state index contributed by atoms with van der Waals surface area (Å²) in [6.07, 6.45) is 3.14. The maximum Gasteiger partial charge on any atom is 0.210 e. The maximum atomic E-state index is 13.7. The van der Waals surface area contributed by atoms with E-state index in [0.29, 0.717) is 46.7 Å². The van der Waals surface area contributed by atoms with E-state index in [9.17, 15) is 17.2 Å². The molecule has 0 N–H and O–H groups in total.